The van der Waals surface area contributed by atoms with Crippen LogP contribution < -0.4 is 14.2 Å². The highest BCUT2D eigenvalue weighted by Gasteiger charge is 2.27. The van der Waals surface area contributed by atoms with Crippen molar-refractivity contribution in [3.05, 3.63) is 53.1 Å². The highest BCUT2D eigenvalue weighted by molar-refractivity contribution is 5.99. The molecule has 7 heteroatoms. The quantitative estimate of drug-likeness (QED) is 0.327. The summed E-state index contributed by atoms with van der Waals surface area (Å²) in [4.78, 5) is 36.3. The molecule has 0 saturated heterocycles. The van der Waals surface area contributed by atoms with Crippen LogP contribution in [0.2, 0.25) is 0 Å². The van der Waals surface area contributed by atoms with Crippen LogP contribution in [0.15, 0.2) is 36.4 Å². The Hall–Kier alpha value is -3.35. The van der Waals surface area contributed by atoms with Gasteiger partial charge in [-0.15, -0.1) is 0 Å². The molecule has 28 heavy (non-hydrogen) atoms. The lowest BCUT2D eigenvalue weighted by atomic mass is 10.0. The molecule has 0 spiro atoms. The van der Waals surface area contributed by atoms with E-state index in [1.807, 2.05) is 0 Å². The van der Waals surface area contributed by atoms with Crippen molar-refractivity contribution in [1.29, 1.82) is 0 Å². The summed E-state index contributed by atoms with van der Waals surface area (Å²) in [6.07, 6.45) is -0.470. The molecular weight excluding hydrogens is 364 g/mol. The fourth-order valence-corrected chi connectivity index (χ4v) is 2.49. The Morgan fingerprint density at radius 3 is 2.21 bits per heavy atom. The van der Waals surface area contributed by atoms with Crippen molar-refractivity contribution >= 4 is 18.4 Å². The molecule has 0 aliphatic heterocycles. The second kappa shape index (κ2) is 8.56. The number of benzene rings is 2. The number of carbonyl (C=O) groups excluding carboxylic acids is 3. The van der Waals surface area contributed by atoms with Gasteiger partial charge in [-0.05, 0) is 45.9 Å². The predicted molar refractivity (Wildman–Crippen MR) is 101 cm³/mol. The number of hydrogen-bond acceptors (Lipinski definition) is 7. The predicted octanol–water partition coefficient (Wildman–Crippen LogP) is 4.35. The van der Waals surface area contributed by atoms with Gasteiger partial charge in [0.2, 0.25) is 0 Å². The van der Waals surface area contributed by atoms with Crippen LogP contribution in [-0.4, -0.2) is 31.1 Å². The van der Waals surface area contributed by atoms with Gasteiger partial charge in [-0.2, -0.15) is 0 Å². The van der Waals surface area contributed by atoms with Crippen molar-refractivity contribution in [1.82, 2.24) is 0 Å². The zero-order chi connectivity index (χ0) is 20.9. The Labute approximate surface area is 163 Å². The van der Waals surface area contributed by atoms with Gasteiger partial charge < -0.3 is 18.9 Å². The Balaban J connectivity index is 2.49. The van der Waals surface area contributed by atoms with E-state index < -0.39 is 17.7 Å². The van der Waals surface area contributed by atoms with Gasteiger partial charge >= 0.3 is 12.1 Å². The standard InChI is InChI=1S/C21H22O7/c1-13-17(19(23)26-15-9-7-6-8-10-15)16(11-14(12-22)18(13)25-5)27-20(24)28-21(2,3)4/h6-12H,1-5H3. The molecule has 0 atom stereocenters. The molecule has 0 radical (unpaired) electrons. The van der Waals surface area contributed by atoms with Crippen LogP contribution >= 0.6 is 0 Å². The third kappa shape index (κ3) is 5.09. The monoisotopic (exact) mass is 386 g/mol. The zero-order valence-corrected chi connectivity index (χ0v) is 16.4. The third-order valence-electron chi connectivity index (χ3n) is 3.58. The number of methoxy groups -OCH3 is 1. The lowest BCUT2D eigenvalue weighted by Gasteiger charge is -2.20. The molecule has 0 bridgehead atoms. The van der Waals surface area contributed by atoms with Crippen LogP contribution in [0.1, 0.15) is 47.1 Å². The average Bonchev–Trinajstić information content (AvgIpc) is 2.60. The van der Waals surface area contributed by atoms with Gasteiger partial charge in [0, 0.05) is 5.56 Å². The van der Waals surface area contributed by atoms with Gasteiger partial charge in [0.1, 0.15) is 28.4 Å². The van der Waals surface area contributed by atoms with Crippen LogP contribution in [0, 0.1) is 6.92 Å². The maximum Gasteiger partial charge on any atom is 0.514 e. The fourth-order valence-electron chi connectivity index (χ4n) is 2.49. The van der Waals surface area contributed by atoms with Crippen molar-refractivity contribution in [3.63, 3.8) is 0 Å². The van der Waals surface area contributed by atoms with Crippen molar-refractivity contribution in [3.8, 4) is 17.2 Å². The first-order valence-corrected chi connectivity index (χ1v) is 8.51. The minimum atomic E-state index is -1.01. The molecule has 0 N–H and O–H groups in total. The summed E-state index contributed by atoms with van der Waals surface area (Å²) in [5, 5.41) is 0. The molecule has 0 aliphatic rings. The maximum absolute atomic E-state index is 12.8. The van der Waals surface area contributed by atoms with Crippen LogP contribution in [0.25, 0.3) is 0 Å². The van der Waals surface area contributed by atoms with E-state index in [9.17, 15) is 14.4 Å². The number of esters is 1. The molecule has 0 amide bonds. The molecule has 0 aliphatic carbocycles. The molecule has 0 fully saturated rings. The van der Waals surface area contributed by atoms with E-state index in [1.54, 1.807) is 58.0 Å². The van der Waals surface area contributed by atoms with Crippen molar-refractivity contribution < 1.29 is 33.3 Å². The van der Waals surface area contributed by atoms with Gasteiger partial charge in [-0.25, -0.2) is 9.59 Å². The molecule has 2 aromatic carbocycles. The Morgan fingerprint density at radius 2 is 1.68 bits per heavy atom. The summed E-state index contributed by atoms with van der Waals surface area (Å²) in [5.41, 5.74) is -0.421. The number of aldehydes is 1. The smallest absolute Gasteiger partial charge is 0.496 e. The van der Waals surface area contributed by atoms with E-state index in [4.69, 9.17) is 18.9 Å². The third-order valence-corrected chi connectivity index (χ3v) is 3.58. The number of para-hydroxylation sites is 1. The molecule has 0 heterocycles. The molecule has 148 valence electrons. The molecular formula is C21H22O7. The largest absolute Gasteiger partial charge is 0.514 e. The zero-order valence-electron chi connectivity index (χ0n) is 16.4. The molecule has 2 rings (SSSR count). The minimum absolute atomic E-state index is 0.0443. The number of rotatable bonds is 5. The van der Waals surface area contributed by atoms with E-state index in [0.717, 1.165) is 0 Å². The SMILES string of the molecule is COc1c(C=O)cc(OC(=O)OC(C)(C)C)c(C(=O)Oc2ccccc2)c1C. The van der Waals surface area contributed by atoms with E-state index in [2.05, 4.69) is 0 Å². The van der Waals surface area contributed by atoms with Gasteiger partial charge in [0.15, 0.2) is 6.29 Å². The number of ether oxygens (including phenoxy) is 4. The second-order valence-electron chi connectivity index (χ2n) is 6.88. The number of carbonyl (C=O) groups is 3. The van der Waals surface area contributed by atoms with Crippen LogP contribution in [-0.2, 0) is 4.74 Å². The van der Waals surface area contributed by atoms with E-state index in [1.165, 1.54) is 13.2 Å². The van der Waals surface area contributed by atoms with Gasteiger partial charge in [0.25, 0.3) is 0 Å². The van der Waals surface area contributed by atoms with Crippen molar-refractivity contribution in [2.75, 3.05) is 7.11 Å². The van der Waals surface area contributed by atoms with E-state index >= 15 is 0 Å². The fraction of sp³-hybridized carbons (Fsp3) is 0.286. The first-order valence-electron chi connectivity index (χ1n) is 8.51. The van der Waals surface area contributed by atoms with E-state index in [-0.39, 0.29) is 22.6 Å². The summed E-state index contributed by atoms with van der Waals surface area (Å²) < 4.78 is 21.0. The van der Waals surface area contributed by atoms with Gasteiger partial charge in [-0.1, -0.05) is 18.2 Å². The molecule has 0 aromatic heterocycles. The molecule has 0 unspecified atom stereocenters. The summed E-state index contributed by atoms with van der Waals surface area (Å²) >= 11 is 0. The van der Waals surface area contributed by atoms with Gasteiger partial charge in [-0.3, -0.25) is 4.79 Å². The van der Waals surface area contributed by atoms with Gasteiger partial charge in [0.05, 0.1) is 12.7 Å². The lowest BCUT2D eigenvalue weighted by Crippen LogP contribution is -2.27. The lowest BCUT2D eigenvalue weighted by molar-refractivity contribution is 0.0203. The maximum atomic E-state index is 12.8. The summed E-state index contributed by atoms with van der Waals surface area (Å²) in [7, 11) is 1.37. The van der Waals surface area contributed by atoms with Crippen LogP contribution in [0.5, 0.6) is 17.2 Å². The molecule has 0 saturated carbocycles. The summed E-state index contributed by atoms with van der Waals surface area (Å²) in [6, 6.07) is 9.66. The highest BCUT2D eigenvalue weighted by atomic mass is 16.7. The highest BCUT2D eigenvalue weighted by Crippen LogP contribution is 2.34. The Morgan fingerprint density at radius 1 is 1.04 bits per heavy atom. The minimum Gasteiger partial charge on any atom is -0.496 e. The van der Waals surface area contributed by atoms with Crippen molar-refractivity contribution in [2.45, 2.75) is 33.3 Å². The second-order valence-corrected chi connectivity index (χ2v) is 6.88. The molecule has 2 aromatic rings. The van der Waals surface area contributed by atoms with Crippen molar-refractivity contribution in [2.24, 2.45) is 0 Å². The van der Waals surface area contributed by atoms with Crippen LogP contribution in [0.3, 0.4) is 0 Å². The Kier molecular flexibility index (Phi) is 6.41. The summed E-state index contributed by atoms with van der Waals surface area (Å²) in [5.74, 6) is -0.423. The Bertz CT molecular complexity index is 880. The first-order chi connectivity index (χ1) is 13.2. The van der Waals surface area contributed by atoms with Crippen LogP contribution in [0.4, 0.5) is 4.79 Å². The molecule has 7 nitrogen and oxygen atoms in total. The first kappa shape index (κ1) is 21.0. The normalized spacial score (nSPS) is 10.8. The topological polar surface area (TPSA) is 88.1 Å². The number of hydrogen-bond donors (Lipinski definition) is 0. The summed E-state index contributed by atoms with van der Waals surface area (Å²) in [6.45, 7) is 6.59. The van der Waals surface area contributed by atoms with E-state index in [0.29, 0.717) is 17.6 Å². The average molecular weight is 386 g/mol.